The first kappa shape index (κ1) is 9.73. The molecule has 0 aliphatic rings. The van der Waals surface area contributed by atoms with E-state index in [0.717, 1.165) is 16.6 Å². The topological polar surface area (TPSA) is 70.9 Å². The molecule has 4 nitrogen and oxygen atoms in total. The van der Waals surface area contributed by atoms with Crippen LogP contribution in [0.15, 0.2) is 18.2 Å². The van der Waals surface area contributed by atoms with Crippen LogP contribution in [-0.4, -0.2) is 10.9 Å². The van der Waals surface area contributed by atoms with Crippen molar-refractivity contribution in [3.05, 3.63) is 35.0 Å². The monoisotopic (exact) mass is 203 g/mol. The Labute approximate surface area is 87.4 Å². The summed E-state index contributed by atoms with van der Waals surface area (Å²) >= 11 is 0. The van der Waals surface area contributed by atoms with Gasteiger partial charge in [0.25, 0.3) is 5.91 Å². The van der Waals surface area contributed by atoms with Crippen LogP contribution < -0.4 is 11.3 Å². The zero-order valence-corrected chi connectivity index (χ0v) is 8.72. The predicted octanol–water partition coefficient (Wildman–Crippen LogP) is 1.39. The van der Waals surface area contributed by atoms with Crippen LogP contribution in [0, 0.1) is 13.8 Å². The van der Waals surface area contributed by atoms with Gasteiger partial charge in [0.05, 0.1) is 0 Å². The predicted molar refractivity (Wildman–Crippen MR) is 59.4 cm³/mol. The molecule has 0 aliphatic heterocycles. The standard InChI is InChI=1S/C11H13N3O/c1-6-7(2)13-10-5-8(11(15)14-12)3-4-9(6)10/h3-5,13H,12H2,1-2H3,(H,14,15). The molecule has 0 spiro atoms. The molecule has 0 radical (unpaired) electrons. The Morgan fingerprint density at radius 3 is 2.80 bits per heavy atom. The number of aromatic amines is 1. The summed E-state index contributed by atoms with van der Waals surface area (Å²) in [5.41, 5.74) is 5.97. The van der Waals surface area contributed by atoms with Crippen LogP contribution in [0.25, 0.3) is 10.9 Å². The van der Waals surface area contributed by atoms with E-state index in [4.69, 9.17) is 5.84 Å². The van der Waals surface area contributed by atoms with E-state index in [-0.39, 0.29) is 5.91 Å². The van der Waals surface area contributed by atoms with E-state index in [1.807, 2.05) is 13.0 Å². The molecule has 0 aliphatic carbocycles. The van der Waals surface area contributed by atoms with Gasteiger partial charge in [-0.1, -0.05) is 6.07 Å². The minimum absolute atomic E-state index is 0.276. The first-order valence-electron chi connectivity index (χ1n) is 4.73. The number of carbonyl (C=O) groups is 1. The molecule has 2 rings (SSSR count). The van der Waals surface area contributed by atoms with Crippen LogP contribution in [0.5, 0.6) is 0 Å². The zero-order valence-electron chi connectivity index (χ0n) is 8.72. The van der Waals surface area contributed by atoms with Crippen molar-refractivity contribution in [2.45, 2.75) is 13.8 Å². The maximum Gasteiger partial charge on any atom is 0.265 e. The lowest BCUT2D eigenvalue weighted by molar-refractivity contribution is 0.0954. The van der Waals surface area contributed by atoms with Gasteiger partial charge in [-0.2, -0.15) is 0 Å². The summed E-state index contributed by atoms with van der Waals surface area (Å²) in [6, 6.07) is 5.50. The van der Waals surface area contributed by atoms with Crippen molar-refractivity contribution in [1.29, 1.82) is 0 Å². The lowest BCUT2D eigenvalue weighted by Gasteiger charge is -1.99. The number of aromatic nitrogens is 1. The summed E-state index contributed by atoms with van der Waals surface area (Å²) < 4.78 is 0. The van der Waals surface area contributed by atoms with Crippen LogP contribution in [0.1, 0.15) is 21.6 Å². The van der Waals surface area contributed by atoms with Crippen LogP contribution >= 0.6 is 0 Å². The smallest absolute Gasteiger partial charge is 0.265 e. The molecule has 4 heteroatoms. The molecular formula is C11H13N3O. The molecule has 0 atom stereocenters. The average Bonchev–Trinajstić information content (AvgIpc) is 2.53. The molecule has 0 bridgehead atoms. The summed E-state index contributed by atoms with van der Waals surface area (Å²) in [7, 11) is 0. The van der Waals surface area contributed by atoms with Gasteiger partial charge in [0.15, 0.2) is 0 Å². The normalized spacial score (nSPS) is 10.6. The number of hydrogen-bond acceptors (Lipinski definition) is 2. The number of aryl methyl sites for hydroxylation is 2. The van der Waals surface area contributed by atoms with Crippen LogP contribution in [-0.2, 0) is 0 Å². The highest BCUT2D eigenvalue weighted by molar-refractivity contribution is 5.98. The second-order valence-corrected chi connectivity index (χ2v) is 3.61. The molecule has 0 fully saturated rings. The molecule has 78 valence electrons. The van der Waals surface area contributed by atoms with Gasteiger partial charge in [-0.05, 0) is 31.5 Å². The molecule has 0 saturated heterocycles. The van der Waals surface area contributed by atoms with Gasteiger partial charge in [0.1, 0.15) is 0 Å². The molecule has 2 aromatic rings. The molecular weight excluding hydrogens is 190 g/mol. The Morgan fingerprint density at radius 1 is 1.40 bits per heavy atom. The minimum Gasteiger partial charge on any atom is -0.358 e. The second kappa shape index (κ2) is 3.40. The van der Waals surface area contributed by atoms with E-state index in [0.29, 0.717) is 5.56 Å². The molecule has 1 aromatic carbocycles. The summed E-state index contributed by atoms with van der Waals surface area (Å²) in [5.74, 6) is 4.80. The fraction of sp³-hybridized carbons (Fsp3) is 0.182. The van der Waals surface area contributed by atoms with E-state index in [1.54, 1.807) is 12.1 Å². The molecule has 1 aromatic heterocycles. The van der Waals surface area contributed by atoms with Crippen molar-refractivity contribution >= 4 is 16.8 Å². The number of carbonyl (C=O) groups excluding carboxylic acids is 1. The maximum atomic E-state index is 11.3. The number of nitrogen functional groups attached to an aromatic ring is 1. The van der Waals surface area contributed by atoms with Gasteiger partial charge in [0.2, 0.25) is 0 Å². The van der Waals surface area contributed by atoms with E-state index in [9.17, 15) is 4.79 Å². The molecule has 4 N–H and O–H groups in total. The summed E-state index contributed by atoms with van der Waals surface area (Å²) in [4.78, 5) is 14.5. The highest BCUT2D eigenvalue weighted by Crippen LogP contribution is 2.21. The Bertz CT molecular complexity index is 528. The third-order valence-corrected chi connectivity index (χ3v) is 2.70. The molecule has 1 amide bonds. The van der Waals surface area contributed by atoms with Crippen molar-refractivity contribution in [1.82, 2.24) is 10.4 Å². The highest BCUT2D eigenvalue weighted by atomic mass is 16.2. The number of amides is 1. The van der Waals surface area contributed by atoms with Crippen molar-refractivity contribution in [3.8, 4) is 0 Å². The Balaban J connectivity index is 2.62. The highest BCUT2D eigenvalue weighted by Gasteiger charge is 2.08. The van der Waals surface area contributed by atoms with Crippen molar-refractivity contribution < 1.29 is 4.79 Å². The molecule has 15 heavy (non-hydrogen) atoms. The number of hydrogen-bond donors (Lipinski definition) is 3. The lowest BCUT2D eigenvalue weighted by atomic mass is 10.1. The fourth-order valence-electron chi connectivity index (χ4n) is 1.70. The van der Waals surface area contributed by atoms with E-state index in [1.165, 1.54) is 5.56 Å². The van der Waals surface area contributed by atoms with Gasteiger partial charge in [-0.15, -0.1) is 0 Å². The van der Waals surface area contributed by atoms with Crippen LogP contribution in [0.2, 0.25) is 0 Å². The maximum absolute atomic E-state index is 11.3. The van der Waals surface area contributed by atoms with Gasteiger partial charge in [-0.25, -0.2) is 5.84 Å². The SMILES string of the molecule is Cc1[nH]c2cc(C(=O)NN)ccc2c1C. The first-order valence-corrected chi connectivity index (χ1v) is 4.73. The summed E-state index contributed by atoms with van der Waals surface area (Å²) in [5, 5.41) is 1.14. The summed E-state index contributed by atoms with van der Waals surface area (Å²) in [6.07, 6.45) is 0. The first-order chi connectivity index (χ1) is 7.13. The zero-order chi connectivity index (χ0) is 11.0. The van der Waals surface area contributed by atoms with E-state index >= 15 is 0 Å². The van der Waals surface area contributed by atoms with Crippen molar-refractivity contribution in [2.24, 2.45) is 5.84 Å². The third-order valence-electron chi connectivity index (χ3n) is 2.70. The summed E-state index contributed by atoms with van der Waals surface area (Å²) in [6.45, 7) is 4.06. The Kier molecular flexibility index (Phi) is 2.21. The average molecular weight is 203 g/mol. The van der Waals surface area contributed by atoms with Crippen LogP contribution in [0.3, 0.4) is 0 Å². The molecule has 1 heterocycles. The van der Waals surface area contributed by atoms with Crippen molar-refractivity contribution in [2.75, 3.05) is 0 Å². The molecule has 0 unspecified atom stereocenters. The van der Waals surface area contributed by atoms with Gasteiger partial charge in [0, 0.05) is 22.2 Å². The van der Waals surface area contributed by atoms with Gasteiger partial charge < -0.3 is 4.98 Å². The number of nitrogens with one attached hydrogen (secondary N) is 2. The third kappa shape index (κ3) is 1.49. The van der Waals surface area contributed by atoms with Gasteiger partial charge >= 0.3 is 0 Å². The lowest BCUT2D eigenvalue weighted by Crippen LogP contribution is -2.29. The quantitative estimate of drug-likeness (QED) is 0.372. The minimum atomic E-state index is -0.276. The number of rotatable bonds is 1. The van der Waals surface area contributed by atoms with Crippen molar-refractivity contribution in [3.63, 3.8) is 0 Å². The van der Waals surface area contributed by atoms with E-state index in [2.05, 4.69) is 17.3 Å². The number of fused-ring (bicyclic) bond motifs is 1. The number of hydrazine groups is 1. The Morgan fingerprint density at radius 2 is 2.13 bits per heavy atom. The second-order valence-electron chi connectivity index (χ2n) is 3.61. The molecule has 0 saturated carbocycles. The fourth-order valence-corrected chi connectivity index (χ4v) is 1.70. The van der Waals surface area contributed by atoms with Gasteiger partial charge in [-0.3, -0.25) is 10.2 Å². The number of benzene rings is 1. The van der Waals surface area contributed by atoms with Crippen LogP contribution in [0.4, 0.5) is 0 Å². The largest absolute Gasteiger partial charge is 0.358 e. The van der Waals surface area contributed by atoms with E-state index < -0.39 is 0 Å². The number of nitrogens with two attached hydrogens (primary N) is 1. The number of H-pyrrole nitrogens is 1. The Hall–Kier alpha value is -1.81.